The zero-order valence-electron chi connectivity index (χ0n) is 13.1. The van der Waals surface area contributed by atoms with Crippen molar-refractivity contribution in [2.45, 2.75) is 13.0 Å². The van der Waals surface area contributed by atoms with Crippen molar-refractivity contribution < 1.29 is 4.39 Å². The highest BCUT2D eigenvalue weighted by Crippen LogP contribution is 2.18. The monoisotopic (exact) mass is 309 g/mol. The van der Waals surface area contributed by atoms with Crippen LogP contribution in [0.2, 0.25) is 0 Å². The molecule has 3 nitrogen and oxygen atoms in total. The summed E-state index contributed by atoms with van der Waals surface area (Å²) in [6, 6.07) is 16.8. The normalized spacial score (nSPS) is 15.9. The first-order chi connectivity index (χ1) is 11.3. The van der Waals surface area contributed by atoms with Crippen LogP contribution in [-0.4, -0.2) is 31.1 Å². The molecule has 1 fully saturated rings. The summed E-state index contributed by atoms with van der Waals surface area (Å²) in [7, 11) is 0. The van der Waals surface area contributed by atoms with Gasteiger partial charge in [-0.15, -0.1) is 0 Å². The van der Waals surface area contributed by atoms with Crippen molar-refractivity contribution in [1.29, 1.82) is 5.26 Å². The molecule has 1 aliphatic heterocycles. The predicted octanol–water partition coefficient (Wildman–Crippen LogP) is 3.41. The standard InChI is InChI=1S/C19H20FN3/c20-18-6-8-19(9-7-18)23-11-3-10-22(12-13-23)15-17-5-2-1-4-16(17)14-21/h1-2,4-9H,3,10-13,15H2. The fourth-order valence-electron chi connectivity index (χ4n) is 3.05. The molecular formula is C19H20FN3. The first-order valence-corrected chi connectivity index (χ1v) is 7.97. The van der Waals surface area contributed by atoms with E-state index in [9.17, 15) is 9.65 Å². The van der Waals surface area contributed by atoms with Crippen LogP contribution in [0.1, 0.15) is 17.5 Å². The Balaban J connectivity index is 1.64. The lowest BCUT2D eigenvalue weighted by Gasteiger charge is -2.24. The summed E-state index contributed by atoms with van der Waals surface area (Å²) in [5.74, 6) is -0.196. The minimum absolute atomic E-state index is 0.196. The maximum atomic E-state index is 13.1. The number of nitriles is 1. The number of benzene rings is 2. The molecule has 0 bridgehead atoms. The van der Waals surface area contributed by atoms with E-state index in [0.29, 0.717) is 0 Å². The lowest BCUT2D eigenvalue weighted by molar-refractivity contribution is 0.285. The topological polar surface area (TPSA) is 30.3 Å². The van der Waals surface area contributed by atoms with Gasteiger partial charge in [-0.25, -0.2) is 4.39 Å². The van der Waals surface area contributed by atoms with Crippen molar-refractivity contribution in [3.8, 4) is 6.07 Å². The van der Waals surface area contributed by atoms with Crippen molar-refractivity contribution in [1.82, 2.24) is 4.90 Å². The fourth-order valence-corrected chi connectivity index (χ4v) is 3.05. The van der Waals surface area contributed by atoms with Crippen molar-refractivity contribution in [2.75, 3.05) is 31.1 Å². The molecule has 0 radical (unpaired) electrons. The van der Waals surface area contributed by atoms with Gasteiger partial charge < -0.3 is 4.90 Å². The third-order valence-electron chi connectivity index (χ3n) is 4.31. The van der Waals surface area contributed by atoms with Gasteiger partial charge in [0.2, 0.25) is 0 Å². The summed E-state index contributed by atoms with van der Waals surface area (Å²) >= 11 is 0. The number of nitrogens with zero attached hydrogens (tertiary/aromatic N) is 3. The lowest BCUT2D eigenvalue weighted by Crippen LogP contribution is -2.30. The van der Waals surface area contributed by atoms with Crippen LogP contribution in [0.4, 0.5) is 10.1 Å². The second-order valence-electron chi connectivity index (χ2n) is 5.86. The Morgan fingerprint density at radius 3 is 2.52 bits per heavy atom. The maximum Gasteiger partial charge on any atom is 0.123 e. The SMILES string of the molecule is N#Cc1ccccc1CN1CCCN(c2ccc(F)cc2)CC1. The van der Waals surface area contributed by atoms with Crippen molar-refractivity contribution in [3.05, 3.63) is 65.5 Å². The third kappa shape index (κ3) is 3.88. The second-order valence-corrected chi connectivity index (χ2v) is 5.86. The molecule has 2 aromatic carbocycles. The number of rotatable bonds is 3. The number of halogens is 1. The van der Waals surface area contributed by atoms with Gasteiger partial charge in [-0.05, 0) is 42.3 Å². The van der Waals surface area contributed by atoms with Gasteiger partial charge in [-0.3, -0.25) is 4.90 Å². The molecular weight excluding hydrogens is 289 g/mol. The predicted molar refractivity (Wildman–Crippen MR) is 89.7 cm³/mol. The van der Waals surface area contributed by atoms with Gasteiger partial charge in [0, 0.05) is 38.4 Å². The van der Waals surface area contributed by atoms with Crippen LogP contribution in [0.5, 0.6) is 0 Å². The van der Waals surface area contributed by atoms with Gasteiger partial charge >= 0.3 is 0 Å². The minimum atomic E-state index is -0.196. The van der Waals surface area contributed by atoms with Crippen LogP contribution in [0.15, 0.2) is 48.5 Å². The highest BCUT2D eigenvalue weighted by atomic mass is 19.1. The summed E-state index contributed by atoms with van der Waals surface area (Å²) in [6.07, 6.45) is 1.06. The van der Waals surface area contributed by atoms with E-state index in [-0.39, 0.29) is 5.82 Å². The fraction of sp³-hybridized carbons (Fsp3) is 0.316. The molecule has 0 N–H and O–H groups in total. The van der Waals surface area contributed by atoms with Crippen molar-refractivity contribution in [2.24, 2.45) is 0 Å². The maximum absolute atomic E-state index is 13.1. The molecule has 0 atom stereocenters. The van der Waals surface area contributed by atoms with Crippen LogP contribution < -0.4 is 4.90 Å². The molecule has 1 heterocycles. The van der Waals surface area contributed by atoms with E-state index in [4.69, 9.17) is 0 Å². The largest absolute Gasteiger partial charge is 0.370 e. The van der Waals surface area contributed by atoms with Crippen LogP contribution in [0, 0.1) is 17.1 Å². The Labute approximate surface area is 136 Å². The molecule has 0 amide bonds. The van der Waals surface area contributed by atoms with E-state index in [1.807, 2.05) is 36.4 Å². The zero-order chi connectivity index (χ0) is 16.1. The first-order valence-electron chi connectivity index (χ1n) is 7.97. The van der Waals surface area contributed by atoms with Gasteiger partial charge in [0.15, 0.2) is 0 Å². The second kappa shape index (κ2) is 7.26. The van der Waals surface area contributed by atoms with Gasteiger partial charge in [-0.1, -0.05) is 18.2 Å². The first kappa shape index (κ1) is 15.5. The average molecular weight is 309 g/mol. The van der Waals surface area contributed by atoms with E-state index in [1.54, 1.807) is 0 Å². The molecule has 0 saturated carbocycles. The van der Waals surface area contributed by atoms with E-state index >= 15 is 0 Å². The van der Waals surface area contributed by atoms with Crippen molar-refractivity contribution >= 4 is 5.69 Å². The Hall–Kier alpha value is -2.38. The molecule has 118 valence electrons. The van der Waals surface area contributed by atoms with E-state index < -0.39 is 0 Å². The third-order valence-corrected chi connectivity index (χ3v) is 4.31. The molecule has 1 saturated heterocycles. The molecule has 2 aromatic rings. The summed E-state index contributed by atoms with van der Waals surface area (Å²) < 4.78 is 13.1. The highest BCUT2D eigenvalue weighted by Gasteiger charge is 2.16. The smallest absolute Gasteiger partial charge is 0.123 e. The molecule has 0 spiro atoms. The molecule has 1 aliphatic rings. The van der Waals surface area contributed by atoms with Gasteiger partial charge in [-0.2, -0.15) is 5.26 Å². The minimum Gasteiger partial charge on any atom is -0.370 e. The molecule has 0 unspecified atom stereocenters. The zero-order valence-corrected chi connectivity index (χ0v) is 13.1. The van der Waals surface area contributed by atoms with Crippen LogP contribution in [-0.2, 0) is 6.54 Å². The summed E-state index contributed by atoms with van der Waals surface area (Å²) in [5.41, 5.74) is 2.92. The van der Waals surface area contributed by atoms with Crippen molar-refractivity contribution in [3.63, 3.8) is 0 Å². The number of anilines is 1. The van der Waals surface area contributed by atoms with Crippen LogP contribution in [0.3, 0.4) is 0 Å². The van der Waals surface area contributed by atoms with Crippen LogP contribution >= 0.6 is 0 Å². The molecule has 0 aromatic heterocycles. The highest BCUT2D eigenvalue weighted by molar-refractivity contribution is 5.46. The lowest BCUT2D eigenvalue weighted by atomic mass is 10.1. The summed E-state index contributed by atoms with van der Waals surface area (Å²) in [6.45, 7) is 4.65. The Kier molecular flexibility index (Phi) is 4.89. The number of hydrogen-bond donors (Lipinski definition) is 0. The Morgan fingerprint density at radius 2 is 1.74 bits per heavy atom. The van der Waals surface area contributed by atoms with E-state index in [2.05, 4.69) is 15.9 Å². The molecule has 0 aliphatic carbocycles. The van der Waals surface area contributed by atoms with Crippen LogP contribution in [0.25, 0.3) is 0 Å². The molecule has 3 rings (SSSR count). The Morgan fingerprint density at radius 1 is 0.957 bits per heavy atom. The summed E-state index contributed by atoms with van der Waals surface area (Å²) in [4.78, 5) is 4.69. The quantitative estimate of drug-likeness (QED) is 0.870. The van der Waals surface area contributed by atoms with Gasteiger partial charge in [0.25, 0.3) is 0 Å². The average Bonchev–Trinajstić information content (AvgIpc) is 2.82. The van der Waals surface area contributed by atoms with Gasteiger partial charge in [0.05, 0.1) is 11.6 Å². The Bertz CT molecular complexity index is 691. The summed E-state index contributed by atoms with van der Waals surface area (Å²) in [5, 5.41) is 9.21. The molecule has 23 heavy (non-hydrogen) atoms. The van der Waals surface area contributed by atoms with E-state index in [0.717, 1.165) is 56.0 Å². The number of hydrogen-bond acceptors (Lipinski definition) is 3. The molecule has 4 heteroatoms. The van der Waals surface area contributed by atoms with E-state index in [1.165, 1.54) is 12.1 Å². The van der Waals surface area contributed by atoms with Gasteiger partial charge in [0.1, 0.15) is 5.82 Å².